The normalized spacial score (nSPS) is 10.7. The predicted octanol–water partition coefficient (Wildman–Crippen LogP) is 1.07. The van der Waals surface area contributed by atoms with Crippen molar-refractivity contribution in [2.75, 3.05) is 39.3 Å². The lowest BCUT2D eigenvalue weighted by atomic mass is 10.4. The lowest BCUT2D eigenvalue weighted by Gasteiger charge is -2.24. The van der Waals surface area contributed by atoms with Crippen LogP contribution in [0.5, 0.6) is 0 Å². The summed E-state index contributed by atoms with van der Waals surface area (Å²) >= 11 is 0. The van der Waals surface area contributed by atoms with Crippen LogP contribution >= 0.6 is 0 Å². The minimum absolute atomic E-state index is 0.104. The van der Waals surface area contributed by atoms with E-state index >= 15 is 0 Å². The molecule has 0 radical (unpaired) electrons. The number of nitrogens with zero attached hydrogens (tertiary/aromatic N) is 2. The van der Waals surface area contributed by atoms with E-state index < -0.39 is 5.97 Å². The molecule has 0 aliphatic rings. The van der Waals surface area contributed by atoms with Crippen molar-refractivity contribution in [3.63, 3.8) is 0 Å². The fourth-order valence-corrected chi connectivity index (χ4v) is 1.45. The largest absolute Gasteiger partial charge is 0.480 e. The molecule has 0 fully saturated rings. The van der Waals surface area contributed by atoms with Gasteiger partial charge in [0.15, 0.2) is 0 Å². The fourth-order valence-electron chi connectivity index (χ4n) is 1.45. The van der Waals surface area contributed by atoms with Gasteiger partial charge in [-0.25, -0.2) is 0 Å². The highest BCUT2D eigenvalue weighted by atomic mass is 16.4. The highest BCUT2D eigenvalue weighted by Gasteiger charge is 2.08. The average Bonchev–Trinajstić information content (AvgIpc) is 2.24. The molecule has 0 saturated carbocycles. The van der Waals surface area contributed by atoms with Gasteiger partial charge in [-0.15, -0.1) is 13.2 Å². The maximum absolute atomic E-state index is 10.6. The van der Waals surface area contributed by atoms with Crippen LogP contribution in [0.3, 0.4) is 0 Å². The summed E-state index contributed by atoms with van der Waals surface area (Å²) in [5.74, 6) is -0.777. The molecule has 0 unspecified atom stereocenters. The third-order valence-electron chi connectivity index (χ3n) is 2.31. The topological polar surface area (TPSA) is 43.8 Å². The molecule has 16 heavy (non-hydrogen) atoms. The Morgan fingerprint density at radius 3 is 2.06 bits per heavy atom. The first-order chi connectivity index (χ1) is 7.63. The van der Waals surface area contributed by atoms with Gasteiger partial charge in [0, 0.05) is 26.2 Å². The number of hydrogen-bond donors (Lipinski definition) is 1. The zero-order chi connectivity index (χ0) is 12.4. The maximum atomic E-state index is 10.6. The van der Waals surface area contributed by atoms with E-state index in [2.05, 4.69) is 18.1 Å². The van der Waals surface area contributed by atoms with E-state index in [4.69, 9.17) is 5.11 Å². The van der Waals surface area contributed by atoms with E-state index in [0.717, 1.165) is 32.7 Å². The monoisotopic (exact) mass is 226 g/mol. The smallest absolute Gasteiger partial charge is 0.317 e. The standard InChI is InChI=1S/C12H22N2O2/c1-4-7-14(8-5-2)10-9-13(6-3)11-12(15)16/h4-5H,1-2,6-11H2,3H3,(H,15,16). The molecule has 0 rings (SSSR count). The van der Waals surface area contributed by atoms with Gasteiger partial charge < -0.3 is 5.11 Å². The van der Waals surface area contributed by atoms with E-state index in [9.17, 15) is 4.79 Å². The highest BCUT2D eigenvalue weighted by Crippen LogP contribution is 1.93. The maximum Gasteiger partial charge on any atom is 0.317 e. The second-order valence-corrected chi connectivity index (χ2v) is 3.60. The molecule has 0 aromatic rings. The molecule has 0 aliphatic heterocycles. The molecule has 0 aromatic heterocycles. The molecule has 1 N–H and O–H groups in total. The van der Waals surface area contributed by atoms with Gasteiger partial charge in [0.2, 0.25) is 0 Å². The summed E-state index contributed by atoms with van der Waals surface area (Å²) in [7, 11) is 0. The molecule has 0 aromatic carbocycles. The van der Waals surface area contributed by atoms with Crippen molar-refractivity contribution in [2.24, 2.45) is 0 Å². The van der Waals surface area contributed by atoms with Crippen LogP contribution in [-0.2, 0) is 4.79 Å². The highest BCUT2D eigenvalue weighted by molar-refractivity contribution is 5.69. The summed E-state index contributed by atoms with van der Waals surface area (Å²) in [6.07, 6.45) is 3.69. The van der Waals surface area contributed by atoms with Gasteiger partial charge in [-0.3, -0.25) is 14.6 Å². The van der Waals surface area contributed by atoms with Gasteiger partial charge >= 0.3 is 5.97 Å². The molecule has 4 nitrogen and oxygen atoms in total. The molecule has 0 amide bonds. The summed E-state index contributed by atoms with van der Waals surface area (Å²) in [5, 5.41) is 8.70. The molecular formula is C12H22N2O2. The zero-order valence-electron chi connectivity index (χ0n) is 10.1. The van der Waals surface area contributed by atoms with Crippen LogP contribution in [0.1, 0.15) is 6.92 Å². The van der Waals surface area contributed by atoms with Crippen LogP contribution < -0.4 is 0 Å². The van der Waals surface area contributed by atoms with Crippen LogP contribution in [0.15, 0.2) is 25.3 Å². The van der Waals surface area contributed by atoms with Gasteiger partial charge in [0.1, 0.15) is 0 Å². The van der Waals surface area contributed by atoms with Crippen LogP contribution in [0.2, 0.25) is 0 Å². The molecule has 0 atom stereocenters. The number of carboxylic acid groups (broad SMARTS) is 1. The first-order valence-electron chi connectivity index (χ1n) is 5.52. The summed E-state index contributed by atoms with van der Waals surface area (Å²) in [6, 6.07) is 0. The molecular weight excluding hydrogens is 204 g/mol. The third-order valence-corrected chi connectivity index (χ3v) is 2.31. The minimum Gasteiger partial charge on any atom is -0.480 e. The quantitative estimate of drug-likeness (QED) is 0.566. The Hall–Kier alpha value is -1.13. The third kappa shape index (κ3) is 7.20. The van der Waals surface area contributed by atoms with Crippen molar-refractivity contribution < 1.29 is 9.90 Å². The van der Waals surface area contributed by atoms with Crippen LogP contribution in [0, 0.1) is 0 Å². The molecule has 0 bridgehead atoms. The van der Waals surface area contributed by atoms with Crippen molar-refractivity contribution in [3.8, 4) is 0 Å². The van der Waals surface area contributed by atoms with Gasteiger partial charge in [0.05, 0.1) is 6.54 Å². The number of rotatable bonds is 10. The van der Waals surface area contributed by atoms with Crippen molar-refractivity contribution in [1.82, 2.24) is 9.80 Å². The number of likely N-dealkylation sites (N-methyl/N-ethyl adjacent to an activating group) is 1. The number of carbonyl (C=O) groups is 1. The number of hydrogen-bond acceptors (Lipinski definition) is 3. The SMILES string of the molecule is C=CCN(CC=C)CCN(CC)CC(=O)O. The Labute approximate surface area is 97.8 Å². The molecule has 4 heteroatoms. The van der Waals surface area contributed by atoms with Crippen molar-refractivity contribution in [3.05, 3.63) is 25.3 Å². The lowest BCUT2D eigenvalue weighted by Crippen LogP contribution is -2.37. The Kier molecular flexibility index (Phi) is 8.48. The summed E-state index contributed by atoms with van der Waals surface area (Å²) < 4.78 is 0. The lowest BCUT2D eigenvalue weighted by molar-refractivity contribution is -0.138. The summed E-state index contributed by atoms with van der Waals surface area (Å²) in [6.45, 7) is 13.4. The van der Waals surface area contributed by atoms with E-state index in [0.29, 0.717) is 0 Å². The summed E-state index contributed by atoms with van der Waals surface area (Å²) in [4.78, 5) is 14.7. The van der Waals surface area contributed by atoms with Crippen molar-refractivity contribution >= 4 is 5.97 Å². The van der Waals surface area contributed by atoms with Gasteiger partial charge in [0.25, 0.3) is 0 Å². The Balaban J connectivity index is 3.98. The van der Waals surface area contributed by atoms with E-state index in [1.165, 1.54) is 0 Å². The Bertz CT molecular complexity index is 219. The van der Waals surface area contributed by atoms with Gasteiger partial charge in [-0.1, -0.05) is 19.1 Å². The van der Waals surface area contributed by atoms with Gasteiger partial charge in [-0.05, 0) is 6.54 Å². The Morgan fingerprint density at radius 1 is 1.19 bits per heavy atom. The van der Waals surface area contributed by atoms with Crippen LogP contribution in [-0.4, -0.2) is 60.1 Å². The average molecular weight is 226 g/mol. The first-order valence-corrected chi connectivity index (χ1v) is 5.52. The minimum atomic E-state index is -0.777. The molecule has 0 spiro atoms. The molecule has 0 aliphatic carbocycles. The summed E-state index contributed by atoms with van der Waals surface area (Å²) in [5.41, 5.74) is 0. The van der Waals surface area contributed by atoms with E-state index in [1.807, 2.05) is 24.0 Å². The zero-order valence-corrected chi connectivity index (χ0v) is 10.1. The second kappa shape index (κ2) is 9.12. The second-order valence-electron chi connectivity index (χ2n) is 3.60. The number of aliphatic carboxylic acids is 1. The Morgan fingerprint density at radius 2 is 1.69 bits per heavy atom. The van der Waals surface area contributed by atoms with Crippen LogP contribution in [0.4, 0.5) is 0 Å². The molecule has 0 heterocycles. The first kappa shape index (κ1) is 14.9. The molecule has 0 saturated heterocycles. The van der Waals surface area contributed by atoms with Gasteiger partial charge in [-0.2, -0.15) is 0 Å². The van der Waals surface area contributed by atoms with E-state index in [-0.39, 0.29) is 6.54 Å². The number of carboxylic acids is 1. The van der Waals surface area contributed by atoms with Crippen molar-refractivity contribution in [2.45, 2.75) is 6.92 Å². The van der Waals surface area contributed by atoms with E-state index in [1.54, 1.807) is 0 Å². The van der Waals surface area contributed by atoms with Crippen LogP contribution in [0.25, 0.3) is 0 Å². The van der Waals surface area contributed by atoms with Crippen molar-refractivity contribution in [1.29, 1.82) is 0 Å². The predicted molar refractivity (Wildman–Crippen MR) is 66.6 cm³/mol. The molecule has 92 valence electrons. The fraction of sp³-hybridized carbons (Fsp3) is 0.583.